The van der Waals surface area contributed by atoms with Crippen LogP contribution in [-0.4, -0.2) is 19.9 Å². The Labute approximate surface area is 117 Å². The maximum Gasteiger partial charge on any atom is 0.293 e. The summed E-state index contributed by atoms with van der Waals surface area (Å²) in [5.74, 6) is 0. The molecule has 1 aromatic carbocycles. The van der Waals surface area contributed by atoms with Gasteiger partial charge in [0, 0.05) is 12.6 Å². The molecule has 0 unspecified atom stereocenters. The van der Waals surface area contributed by atoms with Gasteiger partial charge in [-0.2, -0.15) is 0 Å². The van der Waals surface area contributed by atoms with Gasteiger partial charge >= 0.3 is 0 Å². The number of nitrogen functional groups attached to an aromatic ring is 1. The SMILES string of the molecule is Cc1cc(N)c([N+](=O)[O-])cc1S(=O)(=O)NCC1(C)CC1. The third-order valence-electron chi connectivity index (χ3n) is 3.60. The Morgan fingerprint density at radius 2 is 2.05 bits per heavy atom. The molecule has 110 valence electrons. The van der Waals surface area contributed by atoms with Crippen LogP contribution in [0.5, 0.6) is 0 Å². The third kappa shape index (κ3) is 2.91. The van der Waals surface area contributed by atoms with E-state index in [4.69, 9.17) is 5.73 Å². The van der Waals surface area contributed by atoms with Crippen molar-refractivity contribution in [3.05, 3.63) is 27.8 Å². The van der Waals surface area contributed by atoms with Crippen molar-refractivity contribution in [2.24, 2.45) is 5.41 Å². The van der Waals surface area contributed by atoms with Crippen molar-refractivity contribution >= 4 is 21.4 Å². The maximum atomic E-state index is 12.2. The Kier molecular flexibility index (Phi) is 3.47. The molecule has 1 aliphatic carbocycles. The molecule has 0 bridgehead atoms. The summed E-state index contributed by atoms with van der Waals surface area (Å²) in [6.07, 6.45) is 1.97. The van der Waals surface area contributed by atoms with Gasteiger partial charge in [0.25, 0.3) is 5.69 Å². The molecule has 1 aliphatic rings. The monoisotopic (exact) mass is 299 g/mol. The number of nitrogens with zero attached hydrogens (tertiary/aromatic N) is 1. The first-order valence-electron chi connectivity index (χ1n) is 6.19. The first-order chi connectivity index (χ1) is 9.15. The van der Waals surface area contributed by atoms with Gasteiger partial charge in [-0.05, 0) is 36.8 Å². The molecule has 0 radical (unpaired) electrons. The zero-order chi connectivity index (χ0) is 15.1. The van der Waals surface area contributed by atoms with Crippen molar-refractivity contribution in [2.45, 2.75) is 31.6 Å². The van der Waals surface area contributed by atoms with Crippen molar-refractivity contribution in [3.63, 3.8) is 0 Å². The number of nitrogens with two attached hydrogens (primary N) is 1. The van der Waals surface area contributed by atoms with Gasteiger partial charge < -0.3 is 5.73 Å². The molecule has 3 N–H and O–H groups in total. The van der Waals surface area contributed by atoms with E-state index >= 15 is 0 Å². The lowest BCUT2D eigenvalue weighted by atomic mass is 10.2. The Morgan fingerprint density at radius 1 is 1.45 bits per heavy atom. The normalized spacial score (nSPS) is 16.9. The lowest BCUT2D eigenvalue weighted by Gasteiger charge is -2.13. The van der Waals surface area contributed by atoms with Crippen LogP contribution in [-0.2, 0) is 10.0 Å². The van der Waals surface area contributed by atoms with E-state index in [1.807, 2.05) is 6.92 Å². The highest BCUT2D eigenvalue weighted by Gasteiger charge is 2.38. The predicted molar refractivity (Wildman–Crippen MR) is 74.8 cm³/mol. The van der Waals surface area contributed by atoms with Crippen LogP contribution in [0.2, 0.25) is 0 Å². The number of hydrogen-bond donors (Lipinski definition) is 2. The zero-order valence-corrected chi connectivity index (χ0v) is 12.2. The highest BCUT2D eigenvalue weighted by atomic mass is 32.2. The fraction of sp³-hybridized carbons (Fsp3) is 0.500. The Balaban J connectivity index is 2.35. The second-order valence-electron chi connectivity index (χ2n) is 5.57. The first-order valence-corrected chi connectivity index (χ1v) is 7.67. The number of nitro benzene ring substituents is 1. The molecular weight excluding hydrogens is 282 g/mol. The summed E-state index contributed by atoms with van der Waals surface area (Å²) in [5.41, 5.74) is 5.50. The molecule has 1 aromatic rings. The minimum Gasteiger partial charge on any atom is -0.393 e. The molecular formula is C12H17N3O4S. The molecule has 0 aromatic heterocycles. The van der Waals surface area contributed by atoms with Gasteiger partial charge in [0.15, 0.2) is 0 Å². The molecule has 20 heavy (non-hydrogen) atoms. The highest BCUT2D eigenvalue weighted by Crippen LogP contribution is 2.44. The van der Waals surface area contributed by atoms with Gasteiger partial charge in [0.1, 0.15) is 5.69 Å². The summed E-state index contributed by atoms with van der Waals surface area (Å²) in [4.78, 5) is 10.1. The van der Waals surface area contributed by atoms with Crippen molar-refractivity contribution < 1.29 is 13.3 Å². The summed E-state index contributed by atoms with van der Waals surface area (Å²) in [6.45, 7) is 3.90. The van der Waals surface area contributed by atoms with Gasteiger partial charge in [0.05, 0.1) is 9.82 Å². The molecule has 0 heterocycles. The van der Waals surface area contributed by atoms with E-state index in [0.717, 1.165) is 18.9 Å². The van der Waals surface area contributed by atoms with E-state index in [0.29, 0.717) is 12.1 Å². The minimum absolute atomic E-state index is 0.0146. The van der Waals surface area contributed by atoms with E-state index in [9.17, 15) is 18.5 Å². The maximum absolute atomic E-state index is 12.2. The Bertz CT molecular complexity index is 666. The number of aryl methyl sites for hydroxylation is 1. The van der Waals surface area contributed by atoms with Crippen molar-refractivity contribution in [2.75, 3.05) is 12.3 Å². The van der Waals surface area contributed by atoms with Gasteiger partial charge in [-0.3, -0.25) is 10.1 Å². The van der Waals surface area contributed by atoms with Crippen LogP contribution in [0.25, 0.3) is 0 Å². The lowest BCUT2D eigenvalue weighted by molar-refractivity contribution is -0.384. The van der Waals surface area contributed by atoms with Crippen molar-refractivity contribution in [1.82, 2.24) is 4.72 Å². The average Bonchev–Trinajstić information content (AvgIpc) is 3.05. The smallest absolute Gasteiger partial charge is 0.293 e. The number of sulfonamides is 1. The van der Waals surface area contributed by atoms with Gasteiger partial charge in [-0.25, -0.2) is 13.1 Å². The van der Waals surface area contributed by atoms with Gasteiger partial charge in [0.2, 0.25) is 10.0 Å². The predicted octanol–water partition coefficient (Wildman–Crippen LogP) is 1.56. The number of benzene rings is 1. The molecule has 0 amide bonds. The molecule has 0 saturated heterocycles. The van der Waals surface area contributed by atoms with Crippen LogP contribution < -0.4 is 10.5 Å². The van der Waals surface area contributed by atoms with E-state index in [-0.39, 0.29) is 16.0 Å². The molecule has 1 fully saturated rings. The Morgan fingerprint density at radius 3 is 2.55 bits per heavy atom. The summed E-state index contributed by atoms with van der Waals surface area (Å²) in [6, 6.07) is 2.33. The summed E-state index contributed by atoms with van der Waals surface area (Å²) in [7, 11) is -3.77. The van der Waals surface area contributed by atoms with Crippen LogP contribution >= 0.6 is 0 Å². The third-order valence-corrected chi connectivity index (χ3v) is 5.15. The fourth-order valence-electron chi connectivity index (χ4n) is 1.88. The second-order valence-corrected chi connectivity index (χ2v) is 7.30. The molecule has 0 atom stereocenters. The fourth-order valence-corrected chi connectivity index (χ4v) is 3.33. The minimum atomic E-state index is -3.77. The largest absolute Gasteiger partial charge is 0.393 e. The second kappa shape index (κ2) is 4.71. The first kappa shape index (κ1) is 14.7. The van der Waals surface area contributed by atoms with E-state index in [1.54, 1.807) is 6.92 Å². The van der Waals surface area contributed by atoms with Crippen molar-refractivity contribution in [3.8, 4) is 0 Å². The molecule has 2 rings (SSSR count). The van der Waals surface area contributed by atoms with E-state index < -0.39 is 20.6 Å². The van der Waals surface area contributed by atoms with Crippen LogP contribution in [0.4, 0.5) is 11.4 Å². The van der Waals surface area contributed by atoms with Gasteiger partial charge in [-0.15, -0.1) is 0 Å². The summed E-state index contributed by atoms with van der Waals surface area (Å²) >= 11 is 0. The number of rotatable bonds is 5. The van der Waals surface area contributed by atoms with E-state index in [1.165, 1.54) is 6.07 Å². The van der Waals surface area contributed by atoms with Crippen LogP contribution in [0.1, 0.15) is 25.3 Å². The number of nitrogens with one attached hydrogen (secondary N) is 1. The van der Waals surface area contributed by atoms with Crippen molar-refractivity contribution in [1.29, 1.82) is 0 Å². The number of nitro groups is 1. The molecule has 1 saturated carbocycles. The summed E-state index contributed by atoms with van der Waals surface area (Å²) in [5, 5.41) is 10.8. The molecule has 8 heteroatoms. The van der Waals surface area contributed by atoms with Gasteiger partial charge in [-0.1, -0.05) is 6.92 Å². The molecule has 0 aliphatic heterocycles. The van der Waals surface area contributed by atoms with Crippen LogP contribution in [0.3, 0.4) is 0 Å². The van der Waals surface area contributed by atoms with Crippen LogP contribution in [0.15, 0.2) is 17.0 Å². The highest BCUT2D eigenvalue weighted by molar-refractivity contribution is 7.89. The summed E-state index contributed by atoms with van der Waals surface area (Å²) < 4.78 is 27.0. The standard InChI is InChI=1S/C12H17N3O4S/c1-8-5-9(13)10(15(16)17)6-11(8)20(18,19)14-7-12(2)3-4-12/h5-6,14H,3-4,7,13H2,1-2H3. The van der Waals surface area contributed by atoms with Crippen LogP contribution in [0, 0.1) is 22.5 Å². The zero-order valence-electron chi connectivity index (χ0n) is 11.3. The number of hydrogen-bond acceptors (Lipinski definition) is 5. The Hall–Kier alpha value is -1.67. The lowest BCUT2D eigenvalue weighted by Crippen LogP contribution is -2.29. The average molecular weight is 299 g/mol. The number of anilines is 1. The quantitative estimate of drug-likeness (QED) is 0.486. The molecule has 7 nitrogen and oxygen atoms in total. The topological polar surface area (TPSA) is 115 Å². The molecule has 0 spiro atoms. The van der Waals surface area contributed by atoms with E-state index in [2.05, 4.69) is 4.72 Å².